The highest BCUT2D eigenvalue weighted by Crippen LogP contribution is 2.23. The Morgan fingerprint density at radius 3 is 2.53 bits per heavy atom. The molecule has 176 valence electrons. The van der Waals surface area contributed by atoms with Crippen molar-refractivity contribution in [3.8, 4) is 11.4 Å². The third-order valence-corrected chi connectivity index (χ3v) is 7.21. The number of benzene rings is 2. The molecule has 34 heavy (non-hydrogen) atoms. The second-order valence-electron chi connectivity index (χ2n) is 7.83. The maximum Gasteiger partial charge on any atom is 0.264 e. The number of aromatic nitrogens is 3. The number of rotatable bonds is 8. The number of nitrogens with one attached hydrogen (secondary N) is 3. The average molecular weight is 481 g/mol. The Kier molecular flexibility index (Phi) is 6.73. The number of carbonyl (C=O) groups is 2. The predicted octanol–water partition coefficient (Wildman–Crippen LogP) is 1.49. The molecule has 1 atom stereocenters. The average Bonchev–Trinajstić information content (AvgIpc) is 3.36. The maximum absolute atomic E-state index is 13.1. The monoisotopic (exact) mass is 480 g/mol. The summed E-state index contributed by atoms with van der Waals surface area (Å²) in [5.74, 6) is -0.306. The van der Waals surface area contributed by atoms with Crippen molar-refractivity contribution in [3.05, 3.63) is 78.4 Å². The van der Waals surface area contributed by atoms with E-state index in [1.165, 1.54) is 30.9 Å². The lowest BCUT2D eigenvalue weighted by molar-refractivity contribution is -0.129. The predicted molar refractivity (Wildman–Crippen MR) is 124 cm³/mol. The third-order valence-electron chi connectivity index (χ3n) is 5.41. The molecule has 1 aromatic heterocycles. The Bertz CT molecular complexity index is 1290. The molecule has 0 bridgehead atoms. The lowest BCUT2D eigenvalue weighted by atomic mass is 10.1. The maximum atomic E-state index is 13.1. The first-order chi connectivity index (χ1) is 16.3. The van der Waals surface area contributed by atoms with Crippen LogP contribution >= 0.6 is 0 Å². The summed E-state index contributed by atoms with van der Waals surface area (Å²) >= 11 is 0. The molecule has 1 aliphatic rings. The molecular formula is C23H24N6O4S. The number of H-pyrrole nitrogens is 1. The molecule has 0 aliphatic carbocycles. The van der Waals surface area contributed by atoms with Gasteiger partial charge < -0.3 is 15.6 Å². The van der Waals surface area contributed by atoms with E-state index in [9.17, 15) is 18.0 Å². The SMILES string of the molecule is Cc1ccc(S(=O)(=O)N2C=CNC(=O)[C@H]2CC(=O)NCCc2ccc(-c3nnc[nH]3)cc2)cc1. The van der Waals surface area contributed by atoms with E-state index < -0.39 is 27.9 Å². The van der Waals surface area contributed by atoms with Crippen LogP contribution in [-0.4, -0.2) is 52.3 Å². The second-order valence-corrected chi connectivity index (χ2v) is 9.67. The summed E-state index contributed by atoms with van der Waals surface area (Å²) in [4.78, 5) is 28.0. The molecule has 0 fully saturated rings. The van der Waals surface area contributed by atoms with Crippen LogP contribution in [-0.2, 0) is 26.0 Å². The van der Waals surface area contributed by atoms with Crippen molar-refractivity contribution in [2.24, 2.45) is 0 Å². The summed E-state index contributed by atoms with van der Waals surface area (Å²) < 4.78 is 27.1. The minimum atomic E-state index is -4.00. The molecule has 2 amide bonds. The zero-order chi connectivity index (χ0) is 24.1. The lowest BCUT2D eigenvalue weighted by Crippen LogP contribution is -2.51. The molecule has 11 heteroatoms. The molecular weight excluding hydrogens is 456 g/mol. The van der Waals surface area contributed by atoms with E-state index in [0.717, 1.165) is 21.0 Å². The van der Waals surface area contributed by atoms with Crippen molar-refractivity contribution in [1.82, 2.24) is 30.1 Å². The van der Waals surface area contributed by atoms with Gasteiger partial charge in [0.25, 0.3) is 10.0 Å². The smallest absolute Gasteiger partial charge is 0.264 e. The fourth-order valence-corrected chi connectivity index (χ4v) is 4.99. The largest absolute Gasteiger partial charge is 0.356 e. The van der Waals surface area contributed by atoms with Crippen LogP contribution in [0.3, 0.4) is 0 Å². The molecule has 0 radical (unpaired) electrons. The molecule has 0 spiro atoms. The van der Waals surface area contributed by atoms with E-state index in [1.807, 2.05) is 31.2 Å². The zero-order valence-electron chi connectivity index (χ0n) is 18.4. The van der Waals surface area contributed by atoms with E-state index in [-0.39, 0.29) is 11.3 Å². The van der Waals surface area contributed by atoms with Crippen LogP contribution in [0.5, 0.6) is 0 Å². The van der Waals surface area contributed by atoms with Crippen LogP contribution in [0.4, 0.5) is 0 Å². The van der Waals surface area contributed by atoms with Crippen molar-refractivity contribution in [3.63, 3.8) is 0 Å². The van der Waals surface area contributed by atoms with Gasteiger partial charge in [0.05, 0.1) is 11.3 Å². The van der Waals surface area contributed by atoms with Crippen molar-refractivity contribution >= 4 is 21.8 Å². The fourth-order valence-electron chi connectivity index (χ4n) is 3.54. The van der Waals surface area contributed by atoms with E-state index in [4.69, 9.17) is 0 Å². The van der Waals surface area contributed by atoms with Gasteiger partial charge in [-0.05, 0) is 31.0 Å². The summed E-state index contributed by atoms with van der Waals surface area (Å²) in [5, 5.41) is 13.0. The number of aromatic amines is 1. The molecule has 3 N–H and O–H groups in total. The molecule has 10 nitrogen and oxygen atoms in total. The highest BCUT2D eigenvalue weighted by Gasteiger charge is 2.36. The molecule has 0 saturated heterocycles. The van der Waals surface area contributed by atoms with Gasteiger partial charge >= 0.3 is 0 Å². The summed E-state index contributed by atoms with van der Waals surface area (Å²) in [6.07, 6.45) is 4.31. The number of hydrogen-bond acceptors (Lipinski definition) is 6. The number of nitrogens with zero attached hydrogens (tertiary/aromatic N) is 3. The quantitative estimate of drug-likeness (QED) is 0.447. The van der Waals surface area contributed by atoms with E-state index >= 15 is 0 Å². The topological polar surface area (TPSA) is 137 Å². The summed E-state index contributed by atoms with van der Waals surface area (Å²) in [5.41, 5.74) is 2.82. The molecule has 2 heterocycles. The van der Waals surface area contributed by atoms with Crippen LogP contribution in [0.15, 0.2) is 72.2 Å². The normalized spacial score (nSPS) is 15.7. The van der Waals surface area contributed by atoms with Gasteiger partial charge in [0, 0.05) is 24.5 Å². The van der Waals surface area contributed by atoms with E-state index in [2.05, 4.69) is 25.8 Å². The standard InChI is InChI=1S/C23H24N6O4S/c1-16-2-8-19(9-3-16)34(32,33)29-13-12-25-23(31)20(29)14-21(30)24-11-10-17-4-6-18(7-5-17)22-26-15-27-28-22/h2-9,12-13,15,20H,10-11,14H2,1H3,(H,24,30)(H,25,31)(H,26,27,28)/t20-/m1/s1. The van der Waals surface area contributed by atoms with Crippen molar-refractivity contribution in [2.75, 3.05) is 6.54 Å². The van der Waals surface area contributed by atoms with Gasteiger partial charge in [0.1, 0.15) is 12.4 Å². The second kappa shape index (κ2) is 9.87. The zero-order valence-corrected chi connectivity index (χ0v) is 19.2. The van der Waals surface area contributed by atoms with Crippen LogP contribution < -0.4 is 10.6 Å². The van der Waals surface area contributed by atoms with Gasteiger partial charge in [-0.25, -0.2) is 8.42 Å². The lowest BCUT2D eigenvalue weighted by Gasteiger charge is -2.31. The van der Waals surface area contributed by atoms with Crippen molar-refractivity contribution in [2.45, 2.75) is 30.7 Å². The molecule has 0 saturated carbocycles. The summed E-state index contributed by atoms with van der Waals surface area (Å²) in [6.45, 7) is 2.19. The third kappa shape index (κ3) is 5.15. The van der Waals surface area contributed by atoms with Gasteiger partial charge in [-0.15, -0.1) is 10.2 Å². The first-order valence-electron chi connectivity index (χ1n) is 10.6. The fraction of sp³-hybridized carbons (Fsp3) is 0.217. The Morgan fingerprint density at radius 1 is 1.12 bits per heavy atom. The number of aryl methyl sites for hydroxylation is 1. The molecule has 2 aromatic carbocycles. The van der Waals surface area contributed by atoms with Gasteiger partial charge in [0.15, 0.2) is 5.82 Å². The van der Waals surface area contributed by atoms with Crippen molar-refractivity contribution < 1.29 is 18.0 Å². The Labute approximate surface area is 197 Å². The summed E-state index contributed by atoms with van der Waals surface area (Å²) in [7, 11) is -4.00. The van der Waals surface area contributed by atoms with Gasteiger partial charge in [-0.2, -0.15) is 0 Å². The number of amides is 2. The van der Waals surface area contributed by atoms with Crippen LogP contribution in [0.1, 0.15) is 17.5 Å². The number of carbonyl (C=O) groups excluding carboxylic acids is 2. The minimum absolute atomic E-state index is 0.0524. The van der Waals surface area contributed by atoms with Crippen LogP contribution in [0, 0.1) is 6.92 Å². The van der Waals surface area contributed by atoms with Gasteiger partial charge in [-0.1, -0.05) is 42.0 Å². The molecule has 3 aromatic rings. The van der Waals surface area contributed by atoms with E-state index in [1.54, 1.807) is 12.1 Å². The van der Waals surface area contributed by atoms with Gasteiger partial charge in [0.2, 0.25) is 11.8 Å². The molecule has 0 unspecified atom stereocenters. The number of sulfonamides is 1. The Hall–Kier alpha value is -3.99. The Morgan fingerprint density at radius 2 is 1.85 bits per heavy atom. The minimum Gasteiger partial charge on any atom is -0.356 e. The first kappa shape index (κ1) is 23.2. The first-order valence-corrected chi connectivity index (χ1v) is 12.1. The van der Waals surface area contributed by atoms with E-state index in [0.29, 0.717) is 18.8 Å². The summed E-state index contributed by atoms with van der Waals surface area (Å²) in [6, 6.07) is 12.8. The highest BCUT2D eigenvalue weighted by atomic mass is 32.2. The van der Waals surface area contributed by atoms with Crippen LogP contribution in [0.25, 0.3) is 11.4 Å². The van der Waals surface area contributed by atoms with Crippen LogP contribution in [0.2, 0.25) is 0 Å². The van der Waals surface area contributed by atoms with Gasteiger partial charge in [-0.3, -0.25) is 13.9 Å². The highest BCUT2D eigenvalue weighted by molar-refractivity contribution is 7.89. The Balaban J connectivity index is 1.36. The van der Waals surface area contributed by atoms with Crippen molar-refractivity contribution in [1.29, 1.82) is 0 Å². The molecule has 4 rings (SSSR count). The number of hydrogen-bond donors (Lipinski definition) is 3. The molecule has 1 aliphatic heterocycles.